The van der Waals surface area contributed by atoms with Crippen molar-refractivity contribution in [1.82, 2.24) is 10.5 Å². The molecule has 4 nitrogen and oxygen atoms in total. The van der Waals surface area contributed by atoms with Crippen molar-refractivity contribution < 1.29 is 13.3 Å². The molecule has 1 aliphatic rings. The summed E-state index contributed by atoms with van der Waals surface area (Å²) in [5.74, 6) is -0.309. The van der Waals surface area contributed by atoms with Crippen LogP contribution in [0.1, 0.15) is 30.1 Å². The molecule has 2 aromatic rings. The third-order valence-corrected chi connectivity index (χ3v) is 3.92. The molecule has 1 aliphatic heterocycles. The van der Waals surface area contributed by atoms with Crippen LogP contribution in [0.25, 0.3) is 0 Å². The van der Waals surface area contributed by atoms with Gasteiger partial charge in [0, 0.05) is 24.1 Å². The zero-order chi connectivity index (χ0) is 14.8. The lowest BCUT2D eigenvalue weighted by Gasteiger charge is -2.29. The monoisotopic (exact) mass is 294 g/mol. The summed E-state index contributed by atoms with van der Waals surface area (Å²) in [4.78, 5) is 11.1. The molecule has 0 spiro atoms. The van der Waals surface area contributed by atoms with Gasteiger partial charge >= 0.3 is 0 Å². The number of aromatic nitrogens is 1. The molecule has 0 bridgehead atoms. The lowest BCUT2D eigenvalue weighted by Crippen LogP contribution is -2.38. The normalized spacial score (nSPS) is 22.4. The smallest absolute Gasteiger partial charge is 0.280 e. The fourth-order valence-corrected chi connectivity index (χ4v) is 2.87. The highest BCUT2D eigenvalue weighted by atomic mass is 19.1. The Kier molecular flexibility index (Phi) is 3.88. The SMILES string of the molecule is O=c1cc([C@H]2CCN[C@@H](Cc3ccc(F)cc3F)C2)o[nH]1. The zero-order valence-electron chi connectivity index (χ0n) is 11.4. The molecule has 2 atom stereocenters. The molecule has 0 radical (unpaired) electrons. The fraction of sp³-hybridized carbons (Fsp3) is 0.400. The first kappa shape index (κ1) is 14.0. The van der Waals surface area contributed by atoms with E-state index in [0.29, 0.717) is 17.7 Å². The molecular weight excluding hydrogens is 278 g/mol. The summed E-state index contributed by atoms with van der Waals surface area (Å²) in [7, 11) is 0. The Hall–Kier alpha value is -1.95. The summed E-state index contributed by atoms with van der Waals surface area (Å²) in [5, 5.41) is 5.62. The quantitative estimate of drug-likeness (QED) is 0.913. The summed E-state index contributed by atoms with van der Waals surface area (Å²) < 4.78 is 31.8. The molecular formula is C15H16F2N2O2. The Morgan fingerprint density at radius 2 is 2.14 bits per heavy atom. The number of hydrogen-bond donors (Lipinski definition) is 2. The molecule has 21 heavy (non-hydrogen) atoms. The standard InChI is InChI=1S/C15H16F2N2O2/c16-11-2-1-9(13(17)7-11)5-12-6-10(3-4-18-12)14-8-15(20)19-21-14/h1-2,7-8,10,12,18H,3-6H2,(H,19,20)/t10-,12-/m0/s1. The number of aromatic amines is 1. The minimum atomic E-state index is -0.570. The number of nitrogens with one attached hydrogen (secondary N) is 2. The Balaban J connectivity index is 1.70. The third kappa shape index (κ3) is 3.21. The molecule has 0 aliphatic carbocycles. The van der Waals surface area contributed by atoms with Crippen LogP contribution in [-0.4, -0.2) is 17.7 Å². The molecule has 3 rings (SSSR count). The van der Waals surface area contributed by atoms with E-state index in [1.807, 2.05) is 0 Å². The van der Waals surface area contributed by atoms with Gasteiger partial charge in [-0.2, -0.15) is 5.16 Å². The summed E-state index contributed by atoms with van der Waals surface area (Å²) in [5.41, 5.74) is 0.245. The molecule has 1 aromatic carbocycles. The topological polar surface area (TPSA) is 58.0 Å². The van der Waals surface area contributed by atoms with E-state index in [-0.39, 0.29) is 17.5 Å². The van der Waals surface area contributed by atoms with E-state index >= 15 is 0 Å². The molecule has 112 valence electrons. The molecule has 2 N–H and O–H groups in total. The molecule has 1 fully saturated rings. The average Bonchev–Trinajstić information content (AvgIpc) is 2.89. The van der Waals surface area contributed by atoms with Crippen molar-refractivity contribution >= 4 is 0 Å². The largest absolute Gasteiger partial charge is 0.383 e. The first-order valence-electron chi connectivity index (χ1n) is 6.97. The van der Waals surface area contributed by atoms with Crippen LogP contribution in [0.3, 0.4) is 0 Å². The number of benzene rings is 1. The van der Waals surface area contributed by atoms with Crippen LogP contribution in [-0.2, 0) is 6.42 Å². The average molecular weight is 294 g/mol. The summed E-state index contributed by atoms with van der Waals surface area (Å²) >= 11 is 0. The van der Waals surface area contributed by atoms with Gasteiger partial charge in [-0.15, -0.1) is 0 Å². The van der Waals surface area contributed by atoms with Crippen molar-refractivity contribution in [3.63, 3.8) is 0 Å². The third-order valence-electron chi connectivity index (χ3n) is 3.92. The van der Waals surface area contributed by atoms with Crippen molar-refractivity contribution in [2.24, 2.45) is 0 Å². The van der Waals surface area contributed by atoms with Crippen LogP contribution < -0.4 is 10.9 Å². The second-order valence-corrected chi connectivity index (χ2v) is 5.43. The van der Waals surface area contributed by atoms with Gasteiger partial charge in [0.25, 0.3) is 5.56 Å². The van der Waals surface area contributed by atoms with Gasteiger partial charge in [0.2, 0.25) is 0 Å². The van der Waals surface area contributed by atoms with E-state index in [0.717, 1.165) is 25.5 Å². The van der Waals surface area contributed by atoms with Gasteiger partial charge in [0.15, 0.2) is 0 Å². The van der Waals surface area contributed by atoms with E-state index < -0.39 is 11.6 Å². The minimum absolute atomic E-state index is 0.0731. The second kappa shape index (κ2) is 5.81. The second-order valence-electron chi connectivity index (χ2n) is 5.43. The molecule has 0 saturated carbocycles. The predicted molar refractivity (Wildman–Crippen MR) is 73.2 cm³/mol. The van der Waals surface area contributed by atoms with Crippen molar-refractivity contribution in [2.75, 3.05) is 6.54 Å². The van der Waals surface area contributed by atoms with Crippen LogP contribution in [0, 0.1) is 11.6 Å². The molecule has 1 saturated heterocycles. The van der Waals surface area contributed by atoms with Crippen molar-refractivity contribution in [2.45, 2.75) is 31.2 Å². The fourth-order valence-electron chi connectivity index (χ4n) is 2.87. The lowest BCUT2D eigenvalue weighted by atomic mass is 9.87. The molecule has 6 heteroatoms. The van der Waals surface area contributed by atoms with Crippen molar-refractivity contribution in [1.29, 1.82) is 0 Å². The Morgan fingerprint density at radius 1 is 1.29 bits per heavy atom. The summed E-state index contributed by atoms with van der Waals surface area (Å²) in [6, 6.07) is 5.19. The van der Waals surface area contributed by atoms with Crippen molar-refractivity contribution in [3.05, 3.63) is 57.6 Å². The maximum Gasteiger partial charge on any atom is 0.280 e. The number of hydrogen-bond acceptors (Lipinski definition) is 3. The van der Waals surface area contributed by atoms with Gasteiger partial charge in [-0.3, -0.25) is 4.79 Å². The number of rotatable bonds is 3. The highest BCUT2D eigenvalue weighted by Crippen LogP contribution is 2.28. The Labute approximate surface area is 120 Å². The first-order valence-corrected chi connectivity index (χ1v) is 6.97. The van der Waals surface area contributed by atoms with Crippen molar-refractivity contribution in [3.8, 4) is 0 Å². The number of H-pyrrole nitrogens is 1. The van der Waals surface area contributed by atoms with E-state index in [2.05, 4.69) is 10.5 Å². The zero-order valence-corrected chi connectivity index (χ0v) is 11.4. The van der Waals surface area contributed by atoms with Crippen LogP contribution in [0.2, 0.25) is 0 Å². The van der Waals surface area contributed by atoms with Crippen LogP contribution in [0.15, 0.2) is 33.6 Å². The highest BCUT2D eigenvalue weighted by Gasteiger charge is 2.26. The van der Waals surface area contributed by atoms with Gasteiger partial charge in [-0.1, -0.05) is 6.07 Å². The Morgan fingerprint density at radius 3 is 2.86 bits per heavy atom. The maximum absolute atomic E-state index is 13.7. The van der Waals surface area contributed by atoms with Gasteiger partial charge in [0.05, 0.1) is 0 Å². The molecule has 2 heterocycles. The predicted octanol–water partition coefficient (Wildman–Crippen LogP) is 2.32. The summed E-state index contributed by atoms with van der Waals surface area (Å²) in [6.45, 7) is 0.771. The number of piperidine rings is 1. The van der Waals surface area contributed by atoms with E-state index in [1.165, 1.54) is 18.2 Å². The van der Waals surface area contributed by atoms with Crippen LogP contribution in [0.4, 0.5) is 8.78 Å². The van der Waals surface area contributed by atoms with E-state index in [4.69, 9.17) is 4.52 Å². The highest BCUT2D eigenvalue weighted by molar-refractivity contribution is 5.20. The molecule has 0 unspecified atom stereocenters. The van der Waals surface area contributed by atoms with Gasteiger partial charge in [-0.25, -0.2) is 8.78 Å². The van der Waals surface area contributed by atoms with Crippen LogP contribution in [0.5, 0.6) is 0 Å². The number of halogens is 2. The molecule has 1 aromatic heterocycles. The van der Waals surface area contributed by atoms with Gasteiger partial charge in [-0.05, 0) is 37.4 Å². The minimum Gasteiger partial charge on any atom is -0.383 e. The molecule has 0 amide bonds. The maximum atomic E-state index is 13.7. The lowest BCUT2D eigenvalue weighted by molar-refractivity contribution is 0.291. The van der Waals surface area contributed by atoms with E-state index in [1.54, 1.807) is 0 Å². The van der Waals surface area contributed by atoms with E-state index in [9.17, 15) is 13.6 Å². The van der Waals surface area contributed by atoms with Crippen LogP contribution >= 0.6 is 0 Å². The summed E-state index contributed by atoms with van der Waals surface area (Å²) in [6.07, 6.45) is 2.10. The Bertz CT molecular complexity index is 680. The van der Waals surface area contributed by atoms with Gasteiger partial charge in [0.1, 0.15) is 17.4 Å². The first-order chi connectivity index (χ1) is 10.1. The van der Waals surface area contributed by atoms with Gasteiger partial charge < -0.3 is 9.84 Å².